The topological polar surface area (TPSA) is 34.1 Å². The Hall–Kier alpha value is -2.22. The molecule has 0 aromatic heterocycles. The third-order valence-corrected chi connectivity index (χ3v) is 2.46. The Balaban J connectivity index is 2.25. The molecule has 0 heterocycles. The zero-order valence-corrected chi connectivity index (χ0v) is 9.01. The third-order valence-electron chi connectivity index (χ3n) is 2.46. The minimum atomic E-state index is -2.89. The van der Waals surface area contributed by atoms with Gasteiger partial charge >= 0.3 is 0 Å². The molecule has 0 atom stereocenters. The van der Waals surface area contributed by atoms with E-state index < -0.39 is 18.4 Å². The van der Waals surface area contributed by atoms with Crippen molar-refractivity contribution >= 4 is 11.6 Å². The summed E-state index contributed by atoms with van der Waals surface area (Å²) in [6, 6.07) is 15.8. The molecule has 0 radical (unpaired) electrons. The van der Waals surface area contributed by atoms with Gasteiger partial charge in [0, 0.05) is 16.5 Å². The van der Waals surface area contributed by atoms with Gasteiger partial charge in [0.25, 0.3) is 0 Å². The Labute approximate surface area is 104 Å². The zero-order chi connectivity index (χ0) is 14.8. The number of carbonyl (C=O) groups excluding carboxylic acids is 2. The lowest BCUT2D eigenvalue weighted by Crippen LogP contribution is -2.09. The molecule has 17 heavy (non-hydrogen) atoms. The van der Waals surface area contributed by atoms with Gasteiger partial charge in [0.05, 0.1) is 0 Å². The van der Waals surface area contributed by atoms with E-state index in [4.69, 9.17) is 4.11 Å². The summed E-state index contributed by atoms with van der Waals surface area (Å²) in [6.45, 7) is -2.89. The predicted molar refractivity (Wildman–Crippen MR) is 66.9 cm³/mol. The largest absolute Gasteiger partial charge is 0.291 e. The predicted octanol–water partition coefficient (Wildman–Crippen LogP) is 3.13. The number of carbonyl (C=O) groups is 2. The summed E-state index contributed by atoms with van der Waals surface area (Å²) in [6.07, 6.45) is 0. The SMILES string of the molecule is [2H]C([2H])([2H])C(=O)C(=O)c1ccc(-c2ccccc2)cc1. The minimum absolute atomic E-state index is 0.0887. The molecular weight excluding hydrogens is 212 g/mol. The first-order valence-electron chi connectivity index (χ1n) is 6.64. The smallest absolute Gasteiger partial charge is 0.228 e. The van der Waals surface area contributed by atoms with E-state index >= 15 is 0 Å². The molecule has 84 valence electrons. The highest BCUT2D eigenvalue weighted by Crippen LogP contribution is 2.19. The monoisotopic (exact) mass is 227 g/mol. The fourth-order valence-corrected chi connectivity index (χ4v) is 1.58. The lowest BCUT2D eigenvalue weighted by Gasteiger charge is -2.02. The number of rotatable bonds is 3. The summed E-state index contributed by atoms with van der Waals surface area (Å²) in [5, 5.41) is 0. The zero-order valence-electron chi connectivity index (χ0n) is 12.0. The normalized spacial score (nSPS) is 13.3. The average molecular weight is 227 g/mol. The highest BCUT2D eigenvalue weighted by atomic mass is 16.2. The third kappa shape index (κ3) is 2.48. The summed E-state index contributed by atoms with van der Waals surface area (Å²) in [5.41, 5.74) is 1.96. The Morgan fingerprint density at radius 2 is 1.47 bits per heavy atom. The standard InChI is InChI=1S/C15H12O2/c1-11(16)15(17)14-9-7-13(8-10-14)12-5-3-2-4-6-12/h2-10H,1H3/i1D3. The highest BCUT2D eigenvalue weighted by molar-refractivity contribution is 6.42. The van der Waals surface area contributed by atoms with Crippen LogP contribution in [0.5, 0.6) is 0 Å². The maximum Gasteiger partial charge on any atom is 0.228 e. The van der Waals surface area contributed by atoms with Crippen molar-refractivity contribution in [3.05, 3.63) is 60.2 Å². The fraction of sp³-hybridized carbons (Fsp3) is 0.0667. The molecule has 0 bridgehead atoms. The molecule has 0 aliphatic heterocycles. The van der Waals surface area contributed by atoms with Gasteiger partial charge in [-0.2, -0.15) is 0 Å². The number of ketones is 2. The van der Waals surface area contributed by atoms with E-state index in [0.29, 0.717) is 0 Å². The van der Waals surface area contributed by atoms with Crippen LogP contribution < -0.4 is 0 Å². The van der Waals surface area contributed by atoms with E-state index in [1.165, 1.54) is 12.1 Å². The maximum absolute atomic E-state index is 11.7. The number of hydrogen-bond donors (Lipinski definition) is 0. The van der Waals surface area contributed by atoms with E-state index in [-0.39, 0.29) is 5.56 Å². The molecule has 2 rings (SSSR count). The van der Waals surface area contributed by atoms with Crippen molar-refractivity contribution in [1.82, 2.24) is 0 Å². The van der Waals surface area contributed by atoms with Gasteiger partial charge < -0.3 is 0 Å². The number of hydrogen-bond acceptors (Lipinski definition) is 2. The van der Waals surface area contributed by atoms with Crippen molar-refractivity contribution in [2.45, 2.75) is 6.85 Å². The summed E-state index contributed by atoms with van der Waals surface area (Å²) in [7, 11) is 0. The molecule has 0 amide bonds. The molecule has 2 aromatic rings. The molecule has 0 fully saturated rings. The minimum Gasteiger partial charge on any atom is -0.291 e. The molecule has 0 aliphatic rings. The van der Waals surface area contributed by atoms with Crippen molar-refractivity contribution in [1.29, 1.82) is 0 Å². The summed E-state index contributed by atoms with van der Waals surface area (Å²) in [5.74, 6) is -2.34. The van der Waals surface area contributed by atoms with Gasteiger partial charge in [0.2, 0.25) is 5.78 Å². The van der Waals surface area contributed by atoms with Crippen LogP contribution in [0.2, 0.25) is 0 Å². The average Bonchev–Trinajstić information content (AvgIpc) is 2.46. The molecule has 2 aromatic carbocycles. The quantitative estimate of drug-likeness (QED) is 0.596. The molecular formula is C15H12O2. The van der Waals surface area contributed by atoms with Crippen molar-refractivity contribution in [3.8, 4) is 11.1 Å². The molecule has 0 N–H and O–H groups in total. The molecule has 0 aliphatic carbocycles. The molecule has 0 saturated heterocycles. The van der Waals surface area contributed by atoms with Crippen molar-refractivity contribution in [2.24, 2.45) is 0 Å². The second-order valence-corrected chi connectivity index (χ2v) is 3.60. The Bertz CT molecular complexity index is 628. The van der Waals surface area contributed by atoms with Crippen LogP contribution in [0, 0.1) is 0 Å². The van der Waals surface area contributed by atoms with E-state index in [1.807, 2.05) is 30.3 Å². The molecule has 2 heteroatoms. The van der Waals surface area contributed by atoms with Crippen LogP contribution in [0.3, 0.4) is 0 Å². The maximum atomic E-state index is 11.7. The lowest BCUT2D eigenvalue weighted by atomic mass is 10.0. The van der Waals surface area contributed by atoms with E-state index in [2.05, 4.69) is 0 Å². The van der Waals surface area contributed by atoms with Crippen LogP contribution in [0.25, 0.3) is 11.1 Å². The first-order chi connectivity index (χ1) is 9.39. The highest BCUT2D eigenvalue weighted by Gasteiger charge is 2.10. The lowest BCUT2D eigenvalue weighted by molar-refractivity contribution is -0.113. The van der Waals surface area contributed by atoms with Crippen LogP contribution in [0.4, 0.5) is 0 Å². The Morgan fingerprint density at radius 3 is 2.06 bits per heavy atom. The fourth-order valence-electron chi connectivity index (χ4n) is 1.58. The van der Waals surface area contributed by atoms with Crippen molar-refractivity contribution in [3.63, 3.8) is 0 Å². The second kappa shape index (κ2) is 4.74. The van der Waals surface area contributed by atoms with Gasteiger partial charge in [0.15, 0.2) is 5.78 Å². The first kappa shape index (κ1) is 7.96. The van der Waals surface area contributed by atoms with Gasteiger partial charge in [0.1, 0.15) is 0 Å². The van der Waals surface area contributed by atoms with Gasteiger partial charge in [-0.05, 0) is 11.1 Å². The number of Topliss-reactive ketones (excluding diaryl/α,β-unsaturated/α-hetero) is 2. The first-order valence-corrected chi connectivity index (χ1v) is 5.14. The number of benzene rings is 2. The van der Waals surface area contributed by atoms with Crippen LogP contribution >= 0.6 is 0 Å². The molecule has 0 unspecified atom stereocenters. The molecule has 0 saturated carbocycles. The Morgan fingerprint density at radius 1 is 0.882 bits per heavy atom. The molecule has 2 nitrogen and oxygen atoms in total. The van der Waals surface area contributed by atoms with Gasteiger partial charge in [-0.3, -0.25) is 9.59 Å². The van der Waals surface area contributed by atoms with Crippen molar-refractivity contribution in [2.75, 3.05) is 0 Å². The van der Waals surface area contributed by atoms with E-state index in [0.717, 1.165) is 11.1 Å². The van der Waals surface area contributed by atoms with E-state index in [9.17, 15) is 9.59 Å². The summed E-state index contributed by atoms with van der Waals surface area (Å²) < 4.78 is 20.9. The summed E-state index contributed by atoms with van der Waals surface area (Å²) in [4.78, 5) is 23.1. The second-order valence-electron chi connectivity index (χ2n) is 3.60. The van der Waals surface area contributed by atoms with Crippen molar-refractivity contribution < 1.29 is 13.7 Å². The van der Waals surface area contributed by atoms with Crippen LogP contribution in [-0.4, -0.2) is 11.6 Å². The van der Waals surface area contributed by atoms with E-state index in [1.54, 1.807) is 12.1 Å². The summed E-state index contributed by atoms with van der Waals surface area (Å²) >= 11 is 0. The molecule has 0 spiro atoms. The van der Waals surface area contributed by atoms with Gasteiger partial charge in [-0.1, -0.05) is 54.6 Å². The van der Waals surface area contributed by atoms with Crippen LogP contribution in [0.1, 0.15) is 21.3 Å². The van der Waals surface area contributed by atoms with Crippen LogP contribution in [0.15, 0.2) is 54.6 Å². The van der Waals surface area contributed by atoms with Gasteiger partial charge in [-0.15, -0.1) is 0 Å². The van der Waals surface area contributed by atoms with Crippen LogP contribution in [-0.2, 0) is 4.79 Å². The Kier molecular flexibility index (Phi) is 2.22. The van der Waals surface area contributed by atoms with Gasteiger partial charge in [-0.25, -0.2) is 0 Å².